The van der Waals surface area contributed by atoms with Crippen LogP contribution in [0.5, 0.6) is 0 Å². The third-order valence-corrected chi connectivity index (χ3v) is 3.96. The zero-order valence-electron chi connectivity index (χ0n) is 8.94. The number of hydrogen-bond acceptors (Lipinski definition) is 3. The quantitative estimate of drug-likeness (QED) is 0.836. The highest BCUT2D eigenvalue weighted by Gasteiger charge is 2.08. The summed E-state index contributed by atoms with van der Waals surface area (Å²) in [6, 6.07) is 4.84. The first-order valence-corrected chi connectivity index (χ1v) is 6.74. The van der Waals surface area contributed by atoms with Gasteiger partial charge < -0.3 is 9.88 Å². The van der Waals surface area contributed by atoms with Gasteiger partial charge in [0.15, 0.2) is 0 Å². The van der Waals surface area contributed by atoms with Crippen LogP contribution >= 0.6 is 33.9 Å². The topological polar surface area (TPSA) is 51.1 Å². The maximum Gasteiger partial charge on any atom is 0.256 e. The van der Waals surface area contributed by atoms with Gasteiger partial charge in [0.05, 0.1) is 14.1 Å². The molecule has 17 heavy (non-hydrogen) atoms. The Morgan fingerprint density at radius 3 is 2.82 bits per heavy atom. The molecule has 0 atom stereocenters. The number of carbonyl (C=O) groups is 1. The lowest BCUT2D eigenvalue weighted by Crippen LogP contribution is -2.17. The molecule has 2 aromatic rings. The molecule has 2 aromatic heterocycles. The van der Waals surface area contributed by atoms with Crippen molar-refractivity contribution in [2.45, 2.75) is 0 Å². The van der Waals surface area contributed by atoms with Crippen molar-refractivity contribution in [2.75, 3.05) is 5.32 Å². The average molecular weight is 360 g/mol. The van der Waals surface area contributed by atoms with Crippen LogP contribution in [0, 0.1) is 2.88 Å². The maximum absolute atomic E-state index is 11.8. The minimum atomic E-state index is -0.164. The second-order valence-corrected chi connectivity index (χ2v) is 6.27. The second-order valence-electron chi connectivity index (χ2n) is 3.46. The molecule has 0 unspecified atom stereocenters. The lowest BCUT2D eigenvalue weighted by Gasteiger charge is -2.04. The standard InChI is InChI=1S/C11H9IN2O2S/c1-14-5-8(2-3-10(14)15)13-11(16)7-4-9(12)17-6-7/h2-6H,1H3,(H,13,16). The van der Waals surface area contributed by atoms with Crippen molar-refractivity contribution in [3.8, 4) is 0 Å². The minimum Gasteiger partial charge on any atom is -0.321 e. The van der Waals surface area contributed by atoms with Gasteiger partial charge in [0, 0.05) is 24.7 Å². The SMILES string of the molecule is Cn1cc(NC(=O)c2csc(I)c2)ccc1=O. The first-order chi connectivity index (χ1) is 8.06. The Balaban J connectivity index is 2.18. The largest absolute Gasteiger partial charge is 0.321 e. The van der Waals surface area contributed by atoms with Crippen LogP contribution in [0.2, 0.25) is 0 Å². The van der Waals surface area contributed by atoms with Gasteiger partial charge in [-0.3, -0.25) is 9.59 Å². The molecule has 0 radical (unpaired) electrons. The van der Waals surface area contributed by atoms with Gasteiger partial charge in [-0.25, -0.2) is 0 Å². The highest BCUT2D eigenvalue weighted by Crippen LogP contribution is 2.17. The average Bonchev–Trinajstić information content (AvgIpc) is 2.70. The minimum absolute atomic E-state index is 0.104. The van der Waals surface area contributed by atoms with E-state index in [0.717, 1.165) is 2.88 Å². The van der Waals surface area contributed by atoms with Gasteiger partial charge >= 0.3 is 0 Å². The Hall–Kier alpha value is -1.15. The van der Waals surface area contributed by atoms with E-state index in [1.54, 1.807) is 24.7 Å². The monoisotopic (exact) mass is 360 g/mol. The third-order valence-electron chi connectivity index (χ3n) is 2.17. The van der Waals surface area contributed by atoms with Gasteiger partial charge in [-0.05, 0) is 34.7 Å². The van der Waals surface area contributed by atoms with E-state index < -0.39 is 0 Å². The predicted octanol–water partition coefficient (Wildman–Crippen LogP) is 2.30. The van der Waals surface area contributed by atoms with Gasteiger partial charge in [0.2, 0.25) is 5.56 Å². The number of carbonyl (C=O) groups excluding carboxylic acids is 1. The fourth-order valence-corrected chi connectivity index (χ4v) is 2.63. The third kappa shape index (κ3) is 2.95. The molecule has 2 heterocycles. The number of pyridine rings is 1. The molecule has 0 saturated carbocycles. The first kappa shape index (κ1) is 12.3. The molecule has 1 amide bonds. The van der Waals surface area contributed by atoms with Crippen LogP contribution in [-0.4, -0.2) is 10.5 Å². The number of hydrogen-bond donors (Lipinski definition) is 1. The fourth-order valence-electron chi connectivity index (χ4n) is 1.30. The molecular weight excluding hydrogens is 351 g/mol. The zero-order chi connectivity index (χ0) is 12.4. The van der Waals surface area contributed by atoms with E-state index in [-0.39, 0.29) is 11.5 Å². The molecule has 0 aromatic carbocycles. The Labute approximate surface area is 115 Å². The van der Waals surface area contributed by atoms with Gasteiger partial charge in [0.25, 0.3) is 5.91 Å². The Kier molecular flexibility index (Phi) is 3.63. The summed E-state index contributed by atoms with van der Waals surface area (Å²) in [6.45, 7) is 0. The van der Waals surface area contributed by atoms with Gasteiger partial charge in [-0.1, -0.05) is 0 Å². The Morgan fingerprint density at radius 2 is 2.24 bits per heavy atom. The lowest BCUT2D eigenvalue weighted by atomic mass is 10.3. The van der Waals surface area contributed by atoms with Crippen LogP contribution in [0.25, 0.3) is 0 Å². The second kappa shape index (κ2) is 5.01. The molecule has 0 aliphatic rings. The summed E-state index contributed by atoms with van der Waals surface area (Å²) < 4.78 is 2.49. The van der Waals surface area contributed by atoms with Crippen molar-refractivity contribution in [2.24, 2.45) is 7.05 Å². The van der Waals surface area contributed by atoms with Crippen molar-refractivity contribution in [3.63, 3.8) is 0 Å². The molecule has 0 fully saturated rings. The van der Waals surface area contributed by atoms with Crippen LogP contribution in [-0.2, 0) is 7.05 Å². The van der Waals surface area contributed by atoms with Crippen molar-refractivity contribution < 1.29 is 4.79 Å². The molecule has 0 aliphatic heterocycles. The van der Waals surface area contributed by atoms with Crippen LogP contribution in [0.4, 0.5) is 5.69 Å². The Bertz CT molecular complexity index is 618. The number of nitrogens with zero attached hydrogens (tertiary/aromatic N) is 1. The van der Waals surface area contributed by atoms with Gasteiger partial charge in [0.1, 0.15) is 0 Å². The summed E-state index contributed by atoms with van der Waals surface area (Å²) in [5.41, 5.74) is 1.14. The summed E-state index contributed by atoms with van der Waals surface area (Å²) >= 11 is 3.69. The molecule has 0 saturated heterocycles. The molecule has 0 aliphatic carbocycles. The van der Waals surface area contributed by atoms with E-state index in [0.29, 0.717) is 11.3 Å². The zero-order valence-corrected chi connectivity index (χ0v) is 11.9. The van der Waals surface area contributed by atoms with Gasteiger partial charge in [-0.2, -0.15) is 0 Å². The number of nitrogens with one attached hydrogen (secondary N) is 1. The number of aromatic nitrogens is 1. The summed E-state index contributed by atoms with van der Waals surface area (Å²) in [5, 5.41) is 4.55. The van der Waals surface area contributed by atoms with Crippen LogP contribution in [0.3, 0.4) is 0 Å². The molecule has 2 rings (SSSR count). The number of aryl methyl sites for hydroxylation is 1. The van der Waals surface area contributed by atoms with Crippen molar-refractivity contribution in [1.82, 2.24) is 4.57 Å². The van der Waals surface area contributed by atoms with Gasteiger partial charge in [-0.15, -0.1) is 11.3 Å². The molecular formula is C11H9IN2O2S. The summed E-state index contributed by atoms with van der Waals surface area (Å²) in [7, 11) is 1.64. The van der Waals surface area contributed by atoms with E-state index >= 15 is 0 Å². The molecule has 88 valence electrons. The van der Waals surface area contributed by atoms with Crippen LogP contribution in [0.15, 0.2) is 34.6 Å². The van der Waals surface area contributed by atoms with Crippen LogP contribution in [0.1, 0.15) is 10.4 Å². The number of anilines is 1. The predicted molar refractivity (Wildman–Crippen MR) is 76.7 cm³/mol. The first-order valence-electron chi connectivity index (χ1n) is 4.78. The van der Waals surface area contributed by atoms with E-state index in [9.17, 15) is 9.59 Å². The smallest absolute Gasteiger partial charge is 0.256 e. The van der Waals surface area contributed by atoms with Crippen molar-refractivity contribution >= 4 is 45.5 Å². The summed E-state index contributed by atoms with van der Waals surface area (Å²) in [4.78, 5) is 23.0. The normalized spacial score (nSPS) is 10.2. The fraction of sp³-hybridized carbons (Fsp3) is 0.0909. The number of halogens is 1. The summed E-state index contributed by atoms with van der Waals surface area (Å²) in [5.74, 6) is -0.164. The van der Waals surface area contributed by atoms with Crippen molar-refractivity contribution in [1.29, 1.82) is 0 Å². The van der Waals surface area contributed by atoms with Crippen molar-refractivity contribution in [3.05, 3.63) is 48.6 Å². The number of thiophene rings is 1. The van der Waals surface area contributed by atoms with E-state index in [1.165, 1.54) is 22.0 Å². The maximum atomic E-state index is 11.8. The van der Waals surface area contributed by atoms with E-state index in [4.69, 9.17) is 0 Å². The lowest BCUT2D eigenvalue weighted by molar-refractivity contribution is 0.102. The Morgan fingerprint density at radius 1 is 1.47 bits per heavy atom. The molecule has 4 nitrogen and oxygen atoms in total. The number of rotatable bonds is 2. The molecule has 0 spiro atoms. The number of amides is 1. The van der Waals surface area contributed by atoms with E-state index in [2.05, 4.69) is 27.9 Å². The van der Waals surface area contributed by atoms with Crippen LogP contribution < -0.4 is 10.9 Å². The van der Waals surface area contributed by atoms with E-state index in [1.807, 2.05) is 6.07 Å². The molecule has 6 heteroatoms. The molecule has 0 bridgehead atoms. The summed E-state index contributed by atoms with van der Waals surface area (Å²) in [6.07, 6.45) is 1.59. The highest BCUT2D eigenvalue weighted by atomic mass is 127. The molecule has 1 N–H and O–H groups in total. The highest BCUT2D eigenvalue weighted by molar-refractivity contribution is 14.1.